The van der Waals surface area contributed by atoms with E-state index < -0.39 is 17.3 Å². The van der Waals surface area contributed by atoms with Crippen LogP contribution < -0.4 is 27.0 Å². The maximum Gasteiger partial charge on any atom is 0.412 e. The predicted octanol–water partition coefficient (Wildman–Crippen LogP) is 9.51. The second kappa shape index (κ2) is 18.8. The Morgan fingerprint density at radius 2 is 1.11 bits per heavy atom. The highest BCUT2D eigenvalue weighted by molar-refractivity contribution is 7.14. The normalized spacial score (nSPS) is 15.2. The molecule has 2 aromatic heterocycles. The van der Waals surface area contributed by atoms with Gasteiger partial charge in [-0.3, -0.25) is 14.9 Å². The lowest BCUT2D eigenvalue weighted by atomic mass is 9.95. The van der Waals surface area contributed by atoms with Gasteiger partial charge in [-0.1, -0.05) is 24.3 Å². The van der Waals surface area contributed by atoms with Crippen molar-refractivity contribution in [3.8, 4) is 0 Å². The van der Waals surface area contributed by atoms with Crippen molar-refractivity contribution in [1.82, 2.24) is 10.2 Å². The van der Waals surface area contributed by atoms with Crippen molar-refractivity contribution in [2.45, 2.75) is 90.3 Å². The fourth-order valence-electron chi connectivity index (χ4n) is 6.26. The molecule has 0 aliphatic carbocycles. The van der Waals surface area contributed by atoms with Crippen LogP contribution in [0.2, 0.25) is 0 Å². The van der Waals surface area contributed by atoms with Crippen LogP contribution in [-0.2, 0) is 9.47 Å². The molecule has 6 rings (SSSR count). The molecule has 2 aliphatic heterocycles. The van der Waals surface area contributed by atoms with Gasteiger partial charge in [0, 0.05) is 22.8 Å². The molecule has 2 aliphatic rings. The number of nitrogens with two attached hydrogens (primary N) is 1. The highest BCUT2D eigenvalue weighted by Gasteiger charge is 2.29. The number of para-hydroxylation sites is 4. The van der Waals surface area contributed by atoms with Gasteiger partial charge in [0.15, 0.2) is 0 Å². The standard InChI is InChI=1S/C26H35N3O5S.C16H19N3OS/c1-25(2,3)33-23(31)28-19-10-8-7-9-18(19)27-22(30)21-12-11-20(35-21)17-13-15-29(16-14-17)24(32)34-26(4,5)6;17-12-3-1-2-4-13(12)19-16(20)15-6-5-14(21-15)11-7-9-18-10-8-11/h7-12,17H,13-16H2,1-6H3,(H,27,30)(H,28,31);1-6,11,18H,7-10,17H2,(H,19,20). The van der Waals surface area contributed by atoms with E-state index in [0.29, 0.717) is 52.6 Å². The monoisotopic (exact) mass is 802 g/mol. The quantitative estimate of drug-likeness (QED) is 0.115. The summed E-state index contributed by atoms with van der Waals surface area (Å²) >= 11 is 3.05. The third-order valence-electron chi connectivity index (χ3n) is 9.01. The number of thiophene rings is 2. The van der Waals surface area contributed by atoms with Gasteiger partial charge < -0.3 is 36.1 Å². The number of nitrogens with zero attached hydrogens (tertiary/aromatic N) is 1. The topological polar surface area (TPSA) is 164 Å². The number of hydrogen-bond acceptors (Lipinski definition) is 10. The molecular weight excluding hydrogens is 749 g/mol. The zero-order valence-electron chi connectivity index (χ0n) is 33.0. The van der Waals surface area contributed by atoms with E-state index in [1.807, 2.05) is 57.2 Å². The summed E-state index contributed by atoms with van der Waals surface area (Å²) in [4.78, 5) is 55.2. The van der Waals surface area contributed by atoms with Gasteiger partial charge >= 0.3 is 12.2 Å². The van der Waals surface area contributed by atoms with Gasteiger partial charge in [-0.25, -0.2) is 9.59 Å². The molecule has 0 unspecified atom stereocenters. The first-order valence-corrected chi connectivity index (χ1v) is 20.6. The van der Waals surface area contributed by atoms with Gasteiger partial charge in [0.2, 0.25) is 0 Å². The van der Waals surface area contributed by atoms with E-state index >= 15 is 0 Å². The minimum Gasteiger partial charge on any atom is -0.444 e. The number of piperidine rings is 2. The summed E-state index contributed by atoms with van der Waals surface area (Å²) in [5, 5.41) is 11.8. The molecule has 300 valence electrons. The summed E-state index contributed by atoms with van der Waals surface area (Å²) < 4.78 is 10.8. The zero-order valence-corrected chi connectivity index (χ0v) is 34.7. The van der Waals surface area contributed by atoms with E-state index in [0.717, 1.165) is 48.5 Å². The number of amides is 4. The molecule has 56 heavy (non-hydrogen) atoms. The van der Waals surface area contributed by atoms with E-state index in [1.54, 1.807) is 67.3 Å². The largest absolute Gasteiger partial charge is 0.444 e. The summed E-state index contributed by atoms with van der Waals surface area (Å²) in [6.45, 7) is 14.3. The Morgan fingerprint density at radius 1 is 0.643 bits per heavy atom. The third-order valence-corrected chi connectivity index (χ3v) is 11.5. The molecule has 4 aromatic rings. The Balaban J connectivity index is 0.000000242. The molecule has 14 heteroatoms. The lowest BCUT2D eigenvalue weighted by molar-refractivity contribution is 0.0205. The molecule has 0 radical (unpaired) electrons. The van der Waals surface area contributed by atoms with Crippen molar-refractivity contribution < 1.29 is 28.7 Å². The lowest BCUT2D eigenvalue weighted by Gasteiger charge is -2.33. The van der Waals surface area contributed by atoms with E-state index in [-0.39, 0.29) is 17.9 Å². The maximum atomic E-state index is 12.9. The number of likely N-dealkylation sites (tertiary alicyclic amines) is 1. The first kappa shape index (κ1) is 42.2. The first-order chi connectivity index (χ1) is 26.5. The van der Waals surface area contributed by atoms with Gasteiger partial charge in [-0.15, -0.1) is 22.7 Å². The van der Waals surface area contributed by atoms with Crippen LogP contribution in [0.25, 0.3) is 0 Å². The molecule has 0 spiro atoms. The molecular formula is C42H54N6O6S2. The number of ether oxygens (including phenoxy) is 2. The smallest absolute Gasteiger partial charge is 0.412 e. The average Bonchev–Trinajstić information content (AvgIpc) is 3.85. The zero-order chi connectivity index (χ0) is 40.5. The molecule has 12 nitrogen and oxygen atoms in total. The Labute approximate surface area is 337 Å². The Hall–Kier alpha value is -4.92. The van der Waals surface area contributed by atoms with Crippen molar-refractivity contribution in [3.05, 3.63) is 92.3 Å². The van der Waals surface area contributed by atoms with E-state index in [9.17, 15) is 19.2 Å². The number of nitrogens with one attached hydrogen (secondary N) is 4. The van der Waals surface area contributed by atoms with Crippen molar-refractivity contribution in [2.24, 2.45) is 0 Å². The van der Waals surface area contributed by atoms with Crippen molar-refractivity contribution in [1.29, 1.82) is 0 Å². The van der Waals surface area contributed by atoms with E-state index in [2.05, 4.69) is 27.3 Å². The van der Waals surface area contributed by atoms with E-state index in [4.69, 9.17) is 15.2 Å². The van der Waals surface area contributed by atoms with Crippen LogP contribution in [0.4, 0.5) is 32.3 Å². The number of carbonyl (C=O) groups excluding carboxylic acids is 4. The van der Waals surface area contributed by atoms with Gasteiger partial charge in [0.05, 0.1) is 32.5 Å². The number of hydrogen-bond donors (Lipinski definition) is 5. The van der Waals surface area contributed by atoms with Crippen LogP contribution in [0, 0.1) is 0 Å². The third kappa shape index (κ3) is 12.6. The van der Waals surface area contributed by atoms with Crippen molar-refractivity contribution in [3.63, 3.8) is 0 Å². The minimum atomic E-state index is -0.626. The molecule has 0 saturated carbocycles. The van der Waals surface area contributed by atoms with Crippen LogP contribution in [-0.4, -0.2) is 66.3 Å². The molecule has 2 fully saturated rings. The summed E-state index contributed by atoms with van der Waals surface area (Å²) in [6, 6.07) is 22.1. The van der Waals surface area contributed by atoms with Crippen LogP contribution in [0.5, 0.6) is 0 Å². The highest BCUT2D eigenvalue weighted by Crippen LogP contribution is 2.35. The lowest BCUT2D eigenvalue weighted by Crippen LogP contribution is -2.41. The fraction of sp³-hybridized carbons (Fsp3) is 0.429. The van der Waals surface area contributed by atoms with Crippen LogP contribution in [0.3, 0.4) is 0 Å². The number of benzene rings is 2. The molecule has 0 bridgehead atoms. The minimum absolute atomic E-state index is 0.0851. The average molecular weight is 803 g/mol. The number of nitrogen functional groups attached to an aromatic ring is 1. The second-order valence-corrected chi connectivity index (χ2v) is 18.1. The first-order valence-electron chi connectivity index (χ1n) is 19.0. The van der Waals surface area contributed by atoms with Gasteiger partial charge in [0.1, 0.15) is 11.2 Å². The summed E-state index contributed by atoms with van der Waals surface area (Å²) in [6.07, 6.45) is 3.07. The molecule has 4 amide bonds. The predicted molar refractivity (Wildman–Crippen MR) is 226 cm³/mol. The Bertz CT molecular complexity index is 1970. The SMILES string of the molecule is CC(C)(C)OC(=O)Nc1ccccc1NC(=O)c1ccc(C2CCN(C(=O)OC(C)(C)C)CC2)s1.Nc1ccccc1NC(=O)c1ccc(C2CCNCC2)s1. The van der Waals surface area contributed by atoms with E-state index in [1.165, 1.54) is 16.2 Å². The van der Waals surface area contributed by atoms with Gasteiger partial charge in [0.25, 0.3) is 11.8 Å². The van der Waals surface area contributed by atoms with Gasteiger partial charge in [-0.05, 0) is 141 Å². The Kier molecular flexibility index (Phi) is 14.2. The summed E-state index contributed by atoms with van der Waals surface area (Å²) in [5.41, 5.74) is 6.92. The fourth-order valence-corrected chi connectivity index (χ4v) is 8.41. The molecule has 2 saturated heterocycles. The maximum absolute atomic E-state index is 12.9. The second-order valence-electron chi connectivity index (χ2n) is 15.8. The molecule has 0 atom stereocenters. The number of rotatable bonds is 7. The molecule has 4 heterocycles. The van der Waals surface area contributed by atoms with Gasteiger partial charge in [-0.2, -0.15) is 0 Å². The molecule has 6 N–H and O–H groups in total. The van der Waals surface area contributed by atoms with Crippen LogP contribution in [0.15, 0.2) is 72.8 Å². The van der Waals surface area contributed by atoms with Crippen molar-refractivity contribution in [2.75, 3.05) is 47.9 Å². The number of carbonyl (C=O) groups is 4. The Morgan fingerprint density at radius 3 is 1.62 bits per heavy atom. The van der Waals surface area contributed by atoms with Crippen molar-refractivity contribution >= 4 is 69.4 Å². The highest BCUT2D eigenvalue weighted by atomic mass is 32.1. The summed E-state index contributed by atoms with van der Waals surface area (Å²) in [5.74, 6) is 0.546. The van der Waals surface area contributed by atoms with Crippen LogP contribution >= 0.6 is 22.7 Å². The molecule has 2 aromatic carbocycles. The number of anilines is 4. The van der Waals surface area contributed by atoms with Crippen LogP contribution in [0.1, 0.15) is 108 Å². The summed E-state index contributed by atoms with van der Waals surface area (Å²) in [7, 11) is 0.